The first-order chi connectivity index (χ1) is 8.72. The van der Waals surface area contributed by atoms with Crippen LogP contribution in [0.3, 0.4) is 0 Å². The summed E-state index contributed by atoms with van der Waals surface area (Å²) < 4.78 is 10.8. The standard InChI is InChI=1S/C14H15ClO3/c1-2-9-17-11-6-4-3-5-10(11)14(16)12-7-8-13(15)18-12/h3-8,14,16H,2,9H2,1H3. The maximum Gasteiger partial charge on any atom is 0.193 e. The molecule has 0 aliphatic carbocycles. The third-order valence-electron chi connectivity index (χ3n) is 2.54. The molecule has 0 radical (unpaired) electrons. The van der Waals surface area contributed by atoms with Crippen LogP contribution < -0.4 is 4.74 Å². The Hall–Kier alpha value is -1.45. The summed E-state index contributed by atoms with van der Waals surface area (Å²) in [5.74, 6) is 1.08. The Bertz CT molecular complexity index is 507. The van der Waals surface area contributed by atoms with Crippen molar-refractivity contribution in [1.82, 2.24) is 0 Å². The van der Waals surface area contributed by atoms with Crippen molar-refractivity contribution in [3.8, 4) is 5.75 Å². The van der Waals surface area contributed by atoms with Gasteiger partial charge >= 0.3 is 0 Å². The van der Waals surface area contributed by atoms with Gasteiger partial charge in [-0.25, -0.2) is 0 Å². The predicted octanol–water partition coefficient (Wildman–Crippen LogP) is 3.80. The fraction of sp³-hybridized carbons (Fsp3) is 0.286. The molecule has 1 aromatic carbocycles. The smallest absolute Gasteiger partial charge is 0.193 e. The van der Waals surface area contributed by atoms with Gasteiger partial charge in [0.1, 0.15) is 17.6 Å². The van der Waals surface area contributed by atoms with Gasteiger partial charge in [-0.3, -0.25) is 0 Å². The van der Waals surface area contributed by atoms with E-state index in [9.17, 15) is 5.11 Å². The monoisotopic (exact) mass is 266 g/mol. The van der Waals surface area contributed by atoms with Crippen molar-refractivity contribution in [2.75, 3.05) is 6.61 Å². The maximum atomic E-state index is 10.3. The minimum atomic E-state index is -0.870. The average Bonchev–Trinajstić information content (AvgIpc) is 2.82. The van der Waals surface area contributed by atoms with E-state index in [0.29, 0.717) is 23.7 Å². The molecule has 0 fully saturated rings. The number of halogens is 1. The van der Waals surface area contributed by atoms with Crippen molar-refractivity contribution in [3.05, 3.63) is 52.9 Å². The Morgan fingerprint density at radius 2 is 2.06 bits per heavy atom. The SMILES string of the molecule is CCCOc1ccccc1C(O)c1ccc(Cl)o1. The minimum absolute atomic E-state index is 0.260. The third kappa shape index (κ3) is 2.86. The number of furan rings is 1. The van der Waals surface area contributed by atoms with Gasteiger partial charge in [-0.15, -0.1) is 0 Å². The summed E-state index contributed by atoms with van der Waals surface area (Å²) in [6.07, 6.45) is 0.0438. The molecule has 2 rings (SSSR count). The van der Waals surface area contributed by atoms with Crippen LogP contribution in [0.15, 0.2) is 40.8 Å². The van der Waals surface area contributed by atoms with Crippen molar-refractivity contribution in [2.45, 2.75) is 19.4 Å². The molecule has 0 aliphatic rings. The van der Waals surface area contributed by atoms with Crippen LogP contribution in [0.25, 0.3) is 0 Å². The van der Waals surface area contributed by atoms with Crippen molar-refractivity contribution < 1.29 is 14.3 Å². The second kappa shape index (κ2) is 5.94. The van der Waals surface area contributed by atoms with Crippen LogP contribution in [0.5, 0.6) is 5.75 Å². The highest BCUT2D eigenvalue weighted by Gasteiger charge is 2.18. The molecule has 4 heteroatoms. The summed E-state index contributed by atoms with van der Waals surface area (Å²) in [6, 6.07) is 10.6. The van der Waals surface area contributed by atoms with E-state index in [2.05, 4.69) is 0 Å². The zero-order valence-corrected chi connectivity index (χ0v) is 10.9. The fourth-order valence-electron chi connectivity index (χ4n) is 1.68. The fourth-order valence-corrected chi connectivity index (χ4v) is 1.83. The van der Waals surface area contributed by atoms with E-state index in [1.807, 2.05) is 31.2 Å². The Balaban J connectivity index is 2.26. The van der Waals surface area contributed by atoms with Gasteiger partial charge in [0.15, 0.2) is 5.22 Å². The quantitative estimate of drug-likeness (QED) is 0.895. The molecule has 1 atom stereocenters. The molecule has 18 heavy (non-hydrogen) atoms. The Kier molecular flexibility index (Phi) is 4.28. The lowest BCUT2D eigenvalue weighted by atomic mass is 10.1. The molecule has 0 bridgehead atoms. The van der Waals surface area contributed by atoms with Gasteiger partial charge in [0.05, 0.1) is 6.61 Å². The maximum absolute atomic E-state index is 10.3. The van der Waals surface area contributed by atoms with Gasteiger partial charge in [0.2, 0.25) is 0 Å². The molecule has 3 nitrogen and oxygen atoms in total. The van der Waals surface area contributed by atoms with Crippen LogP contribution in [-0.2, 0) is 0 Å². The topological polar surface area (TPSA) is 42.6 Å². The number of aliphatic hydroxyl groups is 1. The second-order valence-electron chi connectivity index (χ2n) is 3.93. The molecule has 1 heterocycles. The normalized spacial score (nSPS) is 12.4. The zero-order valence-electron chi connectivity index (χ0n) is 10.1. The number of ether oxygens (including phenoxy) is 1. The van der Waals surface area contributed by atoms with Crippen molar-refractivity contribution in [3.63, 3.8) is 0 Å². The van der Waals surface area contributed by atoms with Crippen LogP contribution in [0.4, 0.5) is 0 Å². The third-order valence-corrected chi connectivity index (χ3v) is 2.74. The number of hydrogen-bond donors (Lipinski definition) is 1. The summed E-state index contributed by atoms with van der Waals surface area (Å²) in [4.78, 5) is 0. The second-order valence-corrected chi connectivity index (χ2v) is 4.30. The first-order valence-electron chi connectivity index (χ1n) is 5.87. The average molecular weight is 267 g/mol. The molecule has 1 N–H and O–H groups in total. The number of rotatable bonds is 5. The lowest BCUT2D eigenvalue weighted by Gasteiger charge is -2.14. The Morgan fingerprint density at radius 3 is 2.72 bits per heavy atom. The van der Waals surface area contributed by atoms with E-state index in [1.165, 1.54) is 0 Å². The van der Waals surface area contributed by atoms with Gasteiger partial charge in [-0.05, 0) is 36.2 Å². The van der Waals surface area contributed by atoms with Crippen molar-refractivity contribution in [2.24, 2.45) is 0 Å². The van der Waals surface area contributed by atoms with Gasteiger partial charge in [-0.1, -0.05) is 25.1 Å². The molecule has 1 aromatic heterocycles. The lowest BCUT2D eigenvalue weighted by Crippen LogP contribution is -2.04. The van der Waals surface area contributed by atoms with Crippen LogP contribution in [-0.4, -0.2) is 11.7 Å². The molecular weight excluding hydrogens is 252 g/mol. The summed E-state index contributed by atoms with van der Waals surface area (Å²) in [5, 5.41) is 10.5. The lowest BCUT2D eigenvalue weighted by molar-refractivity contribution is 0.182. The summed E-state index contributed by atoms with van der Waals surface area (Å²) in [7, 11) is 0. The van der Waals surface area contributed by atoms with E-state index >= 15 is 0 Å². The van der Waals surface area contributed by atoms with E-state index < -0.39 is 6.10 Å². The zero-order chi connectivity index (χ0) is 13.0. The van der Waals surface area contributed by atoms with Crippen LogP contribution >= 0.6 is 11.6 Å². The number of hydrogen-bond acceptors (Lipinski definition) is 3. The highest BCUT2D eigenvalue weighted by Crippen LogP contribution is 2.31. The number of para-hydroxylation sites is 1. The molecular formula is C14H15ClO3. The van der Waals surface area contributed by atoms with Gasteiger partial charge in [0.25, 0.3) is 0 Å². The van der Waals surface area contributed by atoms with Crippen LogP contribution in [0, 0.1) is 0 Å². The first-order valence-corrected chi connectivity index (χ1v) is 6.25. The van der Waals surface area contributed by atoms with Crippen LogP contribution in [0.1, 0.15) is 30.8 Å². The molecule has 0 saturated carbocycles. The number of benzene rings is 1. The highest BCUT2D eigenvalue weighted by molar-refractivity contribution is 6.28. The highest BCUT2D eigenvalue weighted by atomic mass is 35.5. The molecule has 0 spiro atoms. The Morgan fingerprint density at radius 1 is 1.28 bits per heavy atom. The molecule has 0 saturated heterocycles. The van der Waals surface area contributed by atoms with Crippen molar-refractivity contribution >= 4 is 11.6 Å². The summed E-state index contributed by atoms with van der Waals surface area (Å²) in [5.41, 5.74) is 0.678. The van der Waals surface area contributed by atoms with Gasteiger partial charge < -0.3 is 14.3 Å². The Labute approximate surface area is 111 Å². The predicted molar refractivity (Wildman–Crippen MR) is 70.0 cm³/mol. The van der Waals surface area contributed by atoms with Gasteiger partial charge in [0, 0.05) is 5.56 Å². The molecule has 96 valence electrons. The van der Waals surface area contributed by atoms with E-state index in [-0.39, 0.29) is 5.22 Å². The molecule has 0 aliphatic heterocycles. The summed E-state index contributed by atoms with van der Waals surface area (Å²) >= 11 is 5.71. The first kappa shape index (κ1) is 13.0. The molecule has 2 aromatic rings. The van der Waals surface area contributed by atoms with Crippen molar-refractivity contribution in [1.29, 1.82) is 0 Å². The van der Waals surface area contributed by atoms with E-state index in [0.717, 1.165) is 6.42 Å². The van der Waals surface area contributed by atoms with E-state index in [1.54, 1.807) is 12.1 Å². The number of aliphatic hydroxyl groups excluding tert-OH is 1. The molecule has 0 amide bonds. The molecule has 1 unspecified atom stereocenters. The van der Waals surface area contributed by atoms with Crippen LogP contribution in [0.2, 0.25) is 5.22 Å². The van der Waals surface area contributed by atoms with Gasteiger partial charge in [-0.2, -0.15) is 0 Å². The summed E-state index contributed by atoms with van der Waals surface area (Å²) in [6.45, 7) is 2.65. The van der Waals surface area contributed by atoms with E-state index in [4.69, 9.17) is 20.8 Å². The largest absolute Gasteiger partial charge is 0.493 e. The minimum Gasteiger partial charge on any atom is -0.493 e.